The molecule has 0 fully saturated rings. The Kier molecular flexibility index (Phi) is 5.09. The highest BCUT2D eigenvalue weighted by Crippen LogP contribution is 2.39. The maximum Gasteiger partial charge on any atom is 0.269 e. The van der Waals surface area contributed by atoms with E-state index in [0.717, 1.165) is 5.56 Å². The van der Waals surface area contributed by atoms with Gasteiger partial charge >= 0.3 is 0 Å². The maximum atomic E-state index is 12.8. The van der Waals surface area contributed by atoms with Crippen LogP contribution in [0.2, 0.25) is 0 Å². The van der Waals surface area contributed by atoms with Crippen molar-refractivity contribution in [2.24, 2.45) is 0 Å². The Hall–Kier alpha value is -2.60. The highest BCUT2D eigenvalue weighted by molar-refractivity contribution is 5.46. The van der Waals surface area contributed by atoms with Gasteiger partial charge in [-0.2, -0.15) is 0 Å². The smallest absolute Gasteiger partial charge is 0.269 e. The summed E-state index contributed by atoms with van der Waals surface area (Å²) in [4.78, 5) is 10.4. The molecule has 0 aliphatic carbocycles. The van der Waals surface area contributed by atoms with Gasteiger partial charge in [-0.1, -0.05) is 12.1 Å². The number of rotatable bonds is 6. The van der Waals surface area contributed by atoms with E-state index < -0.39 is 16.4 Å². The zero-order valence-corrected chi connectivity index (χ0v) is 14.1. The summed E-state index contributed by atoms with van der Waals surface area (Å²) in [6, 6.07) is 11.4. The second kappa shape index (κ2) is 6.88. The molecule has 2 aromatic carbocycles. The van der Waals surface area contributed by atoms with Crippen LogP contribution in [0.5, 0.6) is 11.5 Å². The zero-order valence-electron chi connectivity index (χ0n) is 14.1. The van der Waals surface area contributed by atoms with Crippen LogP contribution in [-0.4, -0.2) is 24.7 Å². The molecule has 2 rings (SSSR count). The average Bonchev–Trinajstić information content (AvgIpc) is 2.53. The van der Waals surface area contributed by atoms with E-state index in [1.165, 1.54) is 12.1 Å². The van der Waals surface area contributed by atoms with Crippen molar-refractivity contribution < 1.29 is 19.5 Å². The third-order valence-electron chi connectivity index (χ3n) is 3.84. The van der Waals surface area contributed by atoms with E-state index in [2.05, 4.69) is 0 Å². The number of hydrogen-bond acceptors (Lipinski definition) is 4. The zero-order chi connectivity index (χ0) is 17.9. The Labute approximate surface area is 140 Å². The number of benzene rings is 2. The normalized spacial score (nSPS) is 12.5. The summed E-state index contributed by atoms with van der Waals surface area (Å²) in [6.07, 6.45) is 0. The topological polar surface area (TPSA) is 81.5 Å². The van der Waals surface area contributed by atoms with Crippen molar-refractivity contribution in [2.45, 2.75) is 25.4 Å². The first-order chi connectivity index (χ1) is 11.3. The molecule has 0 aliphatic rings. The Morgan fingerprint density at radius 3 is 1.83 bits per heavy atom. The molecular formula is C18H20NO5. The van der Waals surface area contributed by atoms with Gasteiger partial charge in [0, 0.05) is 24.1 Å². The van der Waals surface area contributed by atoms with Gasteiger partial charge in [0.05, 0.1) is 19.1 Å². The SMILES string of the molecule is COc1cc(OC)cc(C(c2ccc([N+](=O)[O-])cc2)C(C)(C)[O])c1. The monoisotopic (exact) mass is 330 g/mol. The molecule has 2 aromatic rings. The van der Waals surface area contributed by atoms with Crippen LogP contribution in [0, 0.1) is 10.1 Å². The first kappa shape index (κ1) is 17.7. The Morgan fingerprint density at radius 1 is 0.958 bits per heavy atom. The number of methoxy groups -OCH3 is 2. The average molecular weight is 330 g/mol. The maximum absolute atomic E-state index is 12.8. The van der Waals surface area contributed by atoms with Crippen molar-refractivity contribution in [1.82, 2.24) is 0 Å². The molecule has 24 heavy (non-hydrogen) atoms. The van der Waals surface area contributed by atoms with Crippen LogP contribution in [0.25, 0.3) is 0 Å². The number of nitrogens with zero attached hydrogens (tertiary/aromatic N) is 1. The summed E-state index contributed by atoms with van der Waals surface area (Å²) in [5.41, 5.74) is 0.0911. The van der Waals surface area contributed by atoms with E-state index in [0.29, 0.717) is 17.1 Å². The Balaban J connectivity index is 2.56. The van der Waals surface area contributed by atoms with Crippen LogP contribution in [0.1, 0.15) is 30.9 Å². The molecule has 0 aromatic heterocycles. The van der Waals surface area contributed by atoms with Gasteiger partial charge in [0.15, 0.2) is 0 Å². The predicted molar refractivity (Wildman–Crippen MR) is 89.3 cm³/mol. The van der Waals surface area contributed by atoms with Crippen molar-refractivity contribution in [2.75, 3.05) is 14.2 Å². The molecular weight excluding hydrogens is 310 g/mol. The Morgan fingerprint density at radius 2 is 1.46 bits per heavy atom. The van der Waals surface area contributed by atoms with E-state index in [4.69, 9.17) is 9.47 Å². The fourth-order valence-corrected chi connectivity index (χ4v) is 2.78. The minimum atomic E-state index is -1.34. The molecule has 0 spiro atoms. The molecule has 0 N–H and O–H groups in total. The first-order valence-electron chi connectivity index (χ1n) is 7.44. The number of ether oxygens (including phenoxy) is 2. The minimum Gasteiger partial charge on any atom is -0.497 e. The van der Waals surface area contributed by atoms with Crippen molar-refractivity contribution in [3.63, 3.8) is 0 Å². The van der Waals surface area contributed by atoms with E-state index >= 15 is 0 Å². The van der Waals surface area contributed by atoms with Crippen LogP contribution in [-0.2, 0) is 5.11 Å². The highest BCUT2D eigenvalue weighted by Gasteiger charge is 2.33. The summed E-state index contributed by atoms with van der Waals surface area (Å²) in [5.74, 6) is 0.656. The number of hydrogen-bond donors (Lipinski definition) is 0. The summed E-state index contributed by atoms with van der Waals surface area (Å²) in [5, 5.41) is 23.6. The first-order valence-corrected chi connectivity index (χ1v) is 7.44. The lowest BCUT2D eigenvalue weighted by Crippen LogP contribution is -2.28. The molecule has 0 bridgehead atoms. The summed E-state index contributed by atoms with van der Waals surface area (Å²) >= 11 is 0. The fraction of sp³-hybridized carbons (Fsp3) is 0.333. The lowest BCUT2D eigenvalue weighted by Gasteiger charge is -2.28. The number of nitro groups is 1. The largest absolute Gasteiger partial charge is 0.497 e. The number of nitro benzene ring substituents is 1. The van der Waals surface area contributed by atoms with Crippen LogP contribution in [0.15, 0.2) is 42.5 Å². The van der Waals surface area contributed by atoms with Gasteiger partial charge in [-0.05, 0) is 37.1 Å². The highest BCUT2D eigenvalue weighted by atomic mass is 16.6. The summed E-state index contributed by atoms with van der Waals surface area (Å²) in [6.45, 7) is 3.18. The van der Waals surface area contributed by atoms with Gasteiger partial charge in [-0.15, -0.1) is 0 Å². The quantitative estimate of drug-likeness (QED) is 0.593. The summed E-state index contributed by atoms with van der Waals surface area (Å²) in [7, 11) is 3.09. The van der Waals surface area contributed by atoms with E-state index in [1.807, 2.05) is 0 Å². The predicted octanol–water partition coefficient (Wildman–Crippen LogP) is 3.95. The lowest BCUT2D eigenvalue weighted by molar-refractivity contribution is -0.384. The van der Waals surface area contributed by atoms with Crippen LogP contribution < -0.4 is 9.47 Å². The molecule has 0 aliphatic heterocycles. The molecule has 6 heteroatoms. The van der Waals surface area contributed by atoms with Crippen LogP contribution in [0.3, 0.4) is 0 Å². The molecule has 1 atom stereocenters. The summed E-state index contributed by atoms with van der Waals surface area (Å²) < 4.78 is 10.6. The Bertz CT molecular complexity index is 697. The van der Waals surface area contributed by atoms with Crippen LogP contribution >= 0.6 is 0 Å². The molecule has 1 radical (unpaired) electrons. The third-order valence-corrected chi connectivity index (χ3v) is 3.84. The second-order valence-electron chi connectivity index (χ2n) is 6.03. The molecule has 0 amide bonds. The van der Waals surface area contributed by atoms with Gasteiger partial charge < -0.3 is 9.47 Å². The molecule has 1 unspecified atom stereocenters. The van der Waals surface area contributed by atoms with Gasteiger partial charge in [0.25, 0.3) is 5.69 Å². The van der Waals surface area contributed by atoms with Crippen molar-refractivity contribution in [3.05, 3.63) is 63.7 Å². The number of non-ortho nitro benzene ring substituents is 1. The minimum absolute atomic E-state index is 0.00979. The molecule has 0 saturated heterocycles. The van der Waals surface area contributed by atoms with Crippen molar-refractivity contribution >= 4 is 5.69 Å². The molecule has 0 saturated carbocycles. The lowest BCUT2D eigenvalue weighted by atomic mass is 9.79. The van der Waals surface area contributed by atoms with E-state index in [9.17, 15) is 15.2 Å². The molecule has 127 valence electrons. The van der Waals surface area contributed by atoms with Gasteiger partial charge in [0.2, 0.25) is 0 Å². The van der Waals surface area contributed by atoms with E-state index in [1.54, 1.807) is 58.4 Å². The molecule has 6 nitrogen and oxygen atoms in total. The van der Waals surface area contributed by atoms with Crippen molar-refractivity contribution in [3.8, 4) is 11.5 Å². The second-order valence-corrected chi connectivity index (χ2v) is 6.03. The fourth-order valence-electron chi connectivity index (χ4n) is 2.78. The van der Waals surface area contributed by atoms with Gasteiger partial charge in [-0.25, -0.2) is 5.11 Å². The van der Waals surface area contributed by atoms with E-state index in [-0.39, 0.29) is 5.69 Å². The van der Waals surface area contributed by atoms with Gasteiger partial charge in [0.1, 0.15) is 17.1 Å². The van der Waals surface area contributed by atoms with Crippen LogP contribution in [0.4, 0.5) is 5.69 Å². The molecule has 0 heterocycles. The van der Waals surface area contributed by atoms with Gasteiger partial charge in [-0.3, -0.25) is 10.1 Å². The third kappa shape index (κ3) is 3.83. The van der Waals surface area contributed by atoms with Crippen molar-refractivity contribution in [1.29, 1.82) is 0 Å². The standard InChI is InChI=1S/C18H20NO5/c1-18(2,20)17(12-5-7-14(8-6-12)19(21)22)13-9-15(23-3)11-16(10-13)24-4/h5-11,17H,1-4H3.